The number of hydrogen-bond donors (Lipinski definition) is 0. The predicted octanol–water partition coefficient (Wildman–Crippen LogP) is 3.65. The van der Waals surface area contributed by atoms with E-state index in [9.17, 15) is 0 Å². The second kappa shape index (κ2) is 5.13. The third-order valence-corrected chi connectivity index (χ3v) is 5.34. The Hall–Kier alpha value is -0.480. The lowest BCUT2D eigenvalue weighted by Gasteiger charge is -2.36. The topological polar surface area (TPSA) is 29.0 Å². The largest absolute Gasteiger partial charge is 0.354 e. The summed E-state index contributed by atoms with van der Waals surface area (Å²) < 4.78 is 0. The van der Waals surface area contributed by atoms with Gasteiger partial charge in [-0.2, -0.15) is 11.8 Å². The molecule has 1 aromatic heterocycles. The quantitative estimate of drug-likeness (QED) is 0.779. The van der Waals surface area contributed by atoms with Crippen LogP contribution in [-0.2, 0) is 0 Å². The number of thioether (sulfide) groups is 1. The number of hydrogen-bond acceptors (Lipinski definition) is 4. The molecule has 1 aromatic rings. The zero-order valence-electron chi connectivity index (χ0n) is 11.7. The van der Waals surface area contributed by atoms with Crippen molar-refractivity contribution in [1.82, 2.24) is 9.97 Å². The lowest BCUT2D eigenvalue weighted by atomic mass is 10.2. The molecule has 1 aliphatic carbocycles. The Morgan fingerprint density at radius 1 is 1.16 bits per heavy atom. The maximum atomic E-state index is 6.30. The Kier molecular flexibility index (Phi) is 3.65. The van der Waals surface area contributed by atoms with Crippen molar-refractivity contribution in [2.24, 2.45) is 0 Å². The highest BCUT2D eigenvalue weighted by Gasteiger charge is 2.30. The van der Waals surface area contributed by atoms with E-state index in [0.29, 0.717) is 21.6 Å². The van der Waals surface area contributed by atoms with Crippen molar-refractivity contribution in [2.45, 2.75) is 50.0 Å². The summed E-state index contributed by atoms with van der Waals surface area (Å²) in [5.41, 5.74) is 1.03. The Balaban J connectivity index is 1.94. The molecule has 2 aliphatic rings. The van der Waals surface area contributed by atoms with Gasteiger partial charge in [0, 0.05) is 35.1 Å². The molecule has 0 N–H and O–H groups in total. The fourth-order valence-corrected chi connectivity index (χ4v) is 4.17. The van der Waals surface area contributed by atoms with Crippen LogP contribution >= 0.6 is 23.4 Å². The van der Waals surface area contributed by atoms with Gasteiger partial charge in [0.1, 0.15) is 16.8 Å². The van der Waals surface area contributed by atoms with Gasteiger partial charge in [0.2, 0.25) is 0 Å². The zero-order valence-corrected chi connectivity index (χ0v) is 13.3. The second-order valence-corrected chi connectivity index (χ2v) is 8.00. The molecule has 0 bridgehead atoms. The minimum atomic E-state index is 0.547. The van der Waals surface area contributed by atoms with Gasteiger partial charge in [-0.25, -0.2) is 9.97 Å². The van der Waals surface area contributed by atoms with Crippen LogP contribution in [0.5, 0.6) is 0 Å². The van der Waals surface area contributed by atoms with E-state index in [0.717, 1.165) is 30.3 Å². The first-order chi connectivity index (χ1) is 9.04. The molecule has 5 heteroatoms. The first-order valence-electron chi connectivity index (χ1n) is 6.99. The van der Waals surface area contributed by atoms with Gasteiger partial charge in [-0.05, 0) is 19.8 Å². The molecule has 0 spiro atoms. The van der Waals surface area contributed by atoms with E-state index < -0.39 is 0 Å². The zero-order chi connectivity index (χ0) is 13.6. The van der Waals surface area contributed by atoms with Crippen LogP contribution in [0.3, 0.4) is 0 Å². The average Bonchev–Trinajstić information content (AvgIpc) is 3.15. The van der Waals surface area contributed by atoms with Gasteiger partial charge in [0.15, 0.2) is 0 Å². The van der Waals surface area contributed by atoms with E-state index in [1.807, 2.05) is 6.92 Å². The smallest absolute Gasteiger partial charge is 0.137 e. The molecule has 1 saturated carbocycles. The number of rotatable bonds is 2. The number of aromatic nitrogens is 2. The minimum Gasteiger partial charge on any atom is -0.354 e. The summed E-state index contributed by atoms with van der Waals surface area (Å²) in [6.07, 6.45) is 2.42. The molecule has 104 valence electrons. The number of nitrogens with zero attached hydrogens (tertiary/aromatic N) is 3. The molecule has 0 aromatic carbocycles. The molecule has 3 rings (SSSR count). The van der Waals surface area contributed by atoms with Crippen molar-refractivity contribution < 1.29 is 0 Å². The Morgan fingerprint density at radius 3 is 2.37 bits per heavy atom. The summed E-state index contributed by atoms with van der Waals surface area (Å²) in [6.45, 7) is 8.70. The summed E-state index contributed by atoms with van der Waals surface area (Å²) in [5.74, 6) is 2.55. The van der Waals surface area contributed by atoms with Crippen molar-refractivity contribution in [3.05, 3.63) is 16.5 Å². The van der Waals surface area contributed by atoms with Crippen molar-refractivity contribution in [1.29, 1.82) is 0 Å². The number of halogens is 1. The van der Waals surface area contributed by atoms with E-state index in [-0.39, 0.29) is 0 Å². The SMILES string of the molecule is Cc1c(Cl)nc(C2CC2)nc1N1CC(C)SC(C)C1. The molecule has 2 fully saturated rings. The van der Waals surface area contributed by atoms with Crippen LogP contribution < -0.4 is 4.90 Å². The van der Waals surface area contributed by atoms with Gasteiger partial charge in [0.05, 0.1) is 0 Å². The molecule has 19 heavy (non-hydrogen) atoms. The Morgan fingerprint density at radius 2 is 1.79 bits per heavy atom. The van der Waals surface area contributed by atoms with Gasteiger partial charge in [-0.1, -0.05) is 25.4 Å². The summed E-state index contributed by atoms with van der Waals surface area (Å²) >= 11 is 8.35. The minimum absolute atomic E-state index is 0.547. The molecule has 2 heterocycles. The number of anilines is 1. The fraction of sp³-hybridized carbons (Fsp3) is 0.714. The van der Waals surface area contributed by atoms with Crippen molar-refractivity contribution in [2.75, 3.05) is 18.0 Å². The highest BCUT2D eigenvalue weighted by molar-refractivity contribution is 8.00. The summed E-state index contributed by atoms with van der Waals surface area (Å²) in [4.78, 5) is 11.6. The van der Waals surface area contributed by atoms with Gasteiger partial charge in [-0.15, -0.1) is 0 Å². The fourth-order valence-electron chi connectivity index (χ4n) is 2.68. The first kappa shape index (κ1) is 13.5. The highest BCUT2D eigenvalue weighted by Crippen LogP contribution is 2.40. The molecule has 1 aliphatic heterocycles. The molecule has 3 nitrogen and oxygen atoms in total. The second-order valence-electron chi connectivity index (χ2n) is 5.76. The Labute approximate surface area is 124 Å². The van der Waals surface area contributed by atoms with Gasteiger partial charge < -0.3 is 4.90 Å². The maximum absolute atomic E-state index is 6.30. The van der Waals surface area contributed by atoms with Crippen LogP contribution in [0.15, 0.2) is 0 Å². The van der Waals surface area contributed by atoms with Crippen LogP contribution in [0.25, 0.3) is 0 Å². The summed E-state index contributed by atoms with van der Waals surface area (Å²) in [7, 11) is 0. The predicted molar refractivity (Wildman–Crippen MR) is 82.5 cm³/mol. The maximum Gasteiger partial charge on any atom is 0.137 e. The molecule has 0 radical (unpaired) electrons. The highest BCUT2D eigenvalue weighted by atomic mass is 35.5. The standard InChI is InChI=1S/C14H20ClN3S/c1-8-6-18(7-9(2)19-8)14-10(3)12(15)16-13(17-14)11-4-5-11/h8-9,11H,4-7H2,1-3H3. The summed E-state index contributed by atoms with van der Waals surface area (Å²) in [6, 6.07) is 0. The Bertz CT molecular complexity index is 480. The molecule has 2 atom stereocenters. The molecular formula is C14H20ClN3S. The lowest BCUT2D eigenvalue weighted by molar-refractivity contribution is 0.709. The first-order valence-corrected chi connectivity index (χ1v) is 8.31. The van der Waals surface area contributed by atoms with E-state index >= 15 is 0 Å². The van der Waals surface area contributed by atoms with Crippen molar-refractivity contribution in [3.63, 3.8) is 0 Å². The normalized spacial score (nSPS) is 27.7. The van der Waals surface area contributed by atoms with E-state index in [1.54, 1.807) is 0 Å². The third-order valence-electron chi connectivity index (χ3n) is 3.74. The van der Waals surface area contributed by atoms with E-state index in [4.69, 9.17) is 16.6 Å². The van der Waals surface area contributed by atoms with Crippen LogP contribution in [-0.4, -0.2) is 33.6 Å². The van der Waals surface area contributed by atoms with E-state index in [2.05, 4.69) is 35.5 Å². The molecule has 1 saturated heterocycles. The summed E-state index contributed by atoms with van der Waals surface area (Å²) in [5, 5.41) is 1.91. The van der Waals surface area contributed by atoms with Crippen molar-refractivity contribution in [3.8, 4) is 0 Å². The van der Waals surface area contributed by atoms with Crippen molar-refractivity contribution >= 4 is 29.2 Å². The van der Waals surface area contributed by atoms with Crippen LogP contribution in [0, 0.1) is 6.92 Å². The van der Waals surface area contributed by atoms with Gasteiger partial charge in [0.25, 0.3) is 0 Å². The molecule has 0 amide bonds. The van der Waals surface area contributed by atoms with E-state index in [1.165, 1.54) is 12.8 Å². The molecule has 2 unspecified atom stereocenters. The van der Waals surface area contributed by atoms with Crippen LogP contribution in [0.4, 0.5) is 5.82 Å². The monoisotopic (exact) mass is 297 g/mol. The van der Waals surface area contributed by atoms with Gasteiger partial charge in [-0.3, -0.25) is 0 Å². The molecular weight excluding hydrogens is 278 g/mol. The lowest BCUT2D eigenvalue weighted by Crippen LogP contribution is -2.41. The van der Waals surface area contributed by atoms with Crippen LogP contribution in [0.2, 0.25) is 5.15 Å². The average molecular weight is 298 g/mol. The third kappa shape index (κ3) is 2.84. The van der Waals surface area contributed by atoms with Crippen LogP contribution in [0.1, 0.15) is 44.0 Å². The van der Waals surface area contributed by atoms with Gasteiger partial charge >= 0.3 is 0 Å².